The Bertz CT molecular complexity index is 694. The molecule has 4 nitrogen and oxygen atoms in total. The van der Waals surface area contributed by atoms with Crippen LogP contribution in [0.1, 0.15) is 6.42 Å². The van der Waals surface area contributed by atoms with Crippen LogP contribution in [0.15, 0.2) is 47.6 Å². The Balaban J connectivity index is 1.65. The van der Waals surface area contributed by atoms with Crippen LogP contribution in [0, 0.1) is 17.8 Å². The highest BCUT2D eigenvalue weighted by atomic mass is 32.2. The number of anilines is 1. The number of allylic oxidation sites excluding steroid dienone is 2. The Morgan fingerprint density at radius 3 is 2.65 bits per heavy atom. The van der Waals surface area contributed by atoms with E-state index in [-0.39, 0.29) is 22.8 Å². The quantitative estimate of drug-likeness (QED) is 0.669. The molecule has 1 saturated carbocycles. The lowest BCUT2D eigenvalue weighted by Gasteiger charge is -2.18. The van der Waals surface area contributed by atoms with Crippen molar-refractivity contribution < 1.29 is 8.42 Å². The maximum Gasteiger partial charge on any atom is 0.159 e. The predicted molar refractivity (Wildman–Crippen MR) is 79.3 cm³/mol. The number of fused-ring (bicyclic) bond motifs is 5. The lowest BCUT2D eigenvalue weighted by molar-refractivity contribution is 0.551. The van der Waals surface area contributed by atoms with E-state index in [1.165, 1.54) is 0 Å². The molecule has 2 bridgehead atoms. The molecule has 1 saturated heterocycles. The number of para-hydroxylation sites is 1. The molecule has 20 heavy (non-hydrogen) atoms. The molecule has 3 aliphatic rings. The van der Waals surface area contributed by atoms with Gasteiger partial charge >= 0.3 is 0 Å². The summed E-state index contributed by atoms with van der Waals surface area (Å²) in [6.45, 7) is 0. The number of sulfone groups is 1. The average Bonchev–Trinajstić information content (AvgIpc) is 3.10. The second-order valence-corrected chi connectivity index (χ2v) is 7.99. The third kappa shape index (κ3) is 1.73. The van der Waals surface area contributed by atoms with E-state index >= 15 is 0 Å². The predicted octanol–water partition coefficient (Wildman–Crippen LogP) is 2.07. The summed E-state index contributed by atoms with van der Waals surface area (Å²) in [6.07, 6.45) is 5.22. The standard InChI is InChI=1S/C15H16N2O2S/c18-20(19)9-13(17-16-12-4-2-1-3-5-12)14-10-6-7-11(8-10)15(14)20/h1-7,10-11,14-16H,8-9H2/b17-13+. The Morgan fingerprint density at radius 2 is 1.85 bits per heavy atom. The molecule has 0 radical (unpaired) electrons. The van der Waals surface area contributed by atoms with Gasteiger partial charge in [-0.1, -0.05) is 30.4 Å². The normalized spacial score (nSPS) is 38.3. The van der Waals surface area contributed by atoms with Crippen molar-refractivity contribution in [2.45, 2.75) is 11.7 Å². The molecule has 5 heteroatoms. The summed E-state index contributed by atoms with van der Waals surface area (Å²) < 4.78 is 24.6. The minimum atomic E-state index is -3.03. The van der Waals surface area contributed by atoms with E-state index in [1.54, 1.807) is 0 Å². The van der Waals surface area contributed by atoms with Crippen molar-refractivity contribution in [3.63, 3.8) is 0 Å². The van der Waals surface area contributed by atoms with Gasteiger partial charge in [-0.2, -0.15) is 5.10 Å². The van der Waals surface area contributed by atoms with Crippen LogP contribution < -0.4 is 5.43 Å². The number of rotatable bonds is 2. The zero-order valence-corrected chi connectivity index (χ0v) is 11.8. The molecule has 2 fully saturated rings. The molecular weight excluding hydrogens is 272 g/mol. The van der Waals surface area contributed by atoms with Crippen LogP contribution in [0.2, 0.25) is 0 Å². The summed E-state index contributed by atoms with van der Waals surface area (Å²) in [7, 11) is -3.03. The van der Waals surface area contributed by atoms with Crippen molar-refractivity contribution in [1.29, 1.82) is 0 Å². The number of nitrogens with one attached hydrogen (secondary N) is 1. The van der Waals surface area contributed by atoms with Crippen LogP contribution in [-0.2, 0) is 9.84 Å². The first-order valence-electron chi connectivity index (χ1n) is 6.92. The Labute approximate surface area is 118 Å². The van der Waals surface area contributed by atoms with Gasteiger partial charge in [0.25, 0.3) is 0 Å². The fraction of sp³-hybridized carbons (Fsp3) is 0.400. The highest BCUT2D eigenvalue weighted by Gasteiger charge is 2.57. The molecule has 4 atom stereocenters. The lowest BCUT2D eigenvalue weighted by Crippen LogP contribution is -2.28. The summed E-state index contributed by atoms with van der Waals surface area (Å²) in [5, 5.41) is 4.18. The molecule has 1 heterocycles. The maximum atomic E-state index is 12.3. The summed E-state index contributed by atoms with van der Waals surface area (Å²) in [6, 6.07) is 9.64. The Kier molecular flexibility index (Phi) is 2.54. The van der Waals surface area contributed by atoms with Gasteiger partial charge in [-0.15, -0.1) is 0 Å². The molecule has 0 aromatic heterocycles. The van der Waals surface area contributed by atoms with Crippen LogP contribution in [0.3, 0.4) is 0 Å². The van der Waals surface area contributed by atoms with Gasteiger partial charge in [0.15, 0.2) is 9.84 Å². The van der Waals surface area contributed by atoms with Crippen molar-refractivity contribution in [3.05, 3.63) is 42.5 Å². The molecule has 4 rings (SSSR count). The monoisotopic (exact) mass is 288 g/mol. The molecule has 1 aliphatic heterocycles. The van der Waals surface area contributed by atoms with Crippen LogP contribution in [0.4, 0.5) is 5.69 Å². The summed E-state index contributed by atoms with van der Waals surface area (Å²) >= 11 is 0. The van der Waals surface area contributed by atoms with Gasteiger partial charge in [0, 0.05) is 5.92 Å². The molecule has 0 spiro atoms. The molecule has 104 valence electrons. The van der Waals surface area contributed by atoms with Gasteiger partial charge in [-0.25, -0.2) is 8.42 Å². The zero-order chi connectivity index (χ0) is 13.7. The van der Waals surface area contributed by atoms with E-state index < -0.39 is 9.84 Å². The third-order valence-corrected chi connectivity index (χ3v) is 6.81. The Morgan fingerprint density at radius 1 is 1.10 bits per heavy atom. The number of hydrogen-bond donors (Lipinski definition) is 1. The van der Waals surface area contributed by atoms with E-state index in [9.17, 15) is 8.42 Å². The van der Waals surface area contributed by atoms with Crippen molar-refractivity contribution in [1.82, 2.24) is 0 Å². The SMILES string of the molecule is O=S1(=O)C/C(=N\Nc2ccccc2)C2C3C=CC(C3)C21. The van der Waals surface area contributed by atoms with Crippen molar-refractivity contribution >= 4 is 21.2 Å². The molecule has 1 aromatic rings. The van der Waals surface area contributed by atoms with Crippen molar-refractivity contribution in [2.75, 3.05) is 11.2 Å². The molecule has 0 amide bonds. The van der Waals surface area contributed by atoms with Gasteiger partial charge in [-0.3, -0.25) is 5.43 Å². The Hall–Kier alpha value is -1.62. The first kappa shape index (κ1) is 12.1. The van der Waals surface area contributed by atoms with Crippen LogP contribution in [-0.4, -0.2) is 25.1 Å². The fourth-order valence-corrected chi connectivity index (χ4v) is 6.26. The average molecular weight is 288 g/mol. The van der Waals surface area contributed by atoms with Gasteiger partial charge in [0.05, 0.1) is 22.4 Å². The largest absolute Gasteiger partial charge is 0.279 e. The second kappa shape index (κ2) is 4.19. The minimum absolute atomic E-state index is 0.0891. The first-order valence-corrected chi connectivity index (χ1v) is 8.64. The van der Waals surface area contributed by atoms with E-state index in [2.05, 4.69) is 22.7 Å². The first-order chi connectivity index (χ1) is 9.65. The number of hydrogen-bond acceptors (Lipinski definition) is 4. The summed E-state index contributed by atoms with van der Waals surface area (Å²) in [4.78, 5) is 0. The molecule has 1 N–H and O–H groups in total. The van der Waals surface area contributed by atoms with Gasteiger partial charge in [-0.05, 0) is 30.4 Å². The highest BCUT2D eigenvalue weighted by molar-refractivity contribution is 7.93. The second-order valence-electron chi connectivity index (χ2n) is 5.83. The smallest absolute Gasteiger partial charge is 0.159 e. The summed E-state index contributed by atoms with van der Waals surface area (Å²) in [5.41, 5.74) is 4.69. The number of nitrogens with zero attached hydrogens (tertiary/aromatic N) is 1. The van der Waals surface area contributed by atoms with Crippen molar-refractivity contribution in [3.8, 4) is 0 Å². The molecule has 4 unspecified atom stereocenters. The van der Waals surface area contributed by atoms with Gasteiger partial charge in [0.2, 0.25) is 0 Å². The highest BCUT2D eigenvalue weighted by Crippen LogP contribution is 2.51. The van der Waals surface area contributed by atoms with E-state index in [0.29, 0.717) is 5.92 Å². The molecular formula is C15H16N2O2S. The maximum absolute atomic E-state index is 12.3. The van der Waals surface area contributed by atoms with Gasteiger partial charge in [0.1, 0.15) is 0 Å². The number of benzene rings is 1. The summed E-state index contributed by atoms with van der Waals surface area (Å²) in [5.74, 6) is 0.765. The molecule has 2 aliphatic carbocycles. The van der Waals surface area contributed by atoms with E-state index in [1.807, 2.05) is 30.3 Å². The number of hydrazone groups is 1. The lowest BCUT2D eigenvalue weighted by atomic mass is 9.90. The third-order valence-electron chi connectivity index (χ3n) is 4.64. The van der Waals surface area contributed by atoms with Crippen LogP contribution >= 0.6 is 0 Å². The van der Waals surface area contributed by atoms with E-state index in [4.69, 9.17) is 0 Å². The van der Waals surface area contributed by atoms with Crippen LogP contribution in [0.25, 0.3) is 0 Å². The van der Waals surface area contributed by atoms with Crippen molar-refractivity contribution in [2.24, 2.45) is 22.9 Å². The minimum Gasteiger partial charge on any atom is -0.279 e. The van der Waals surface area contributed by atoms with Crippen LogP contribution in [0.5, 0.6) is 0 Å². The fourth-order valence-electron chi connectivity index (χ4n) is 3.86. The topological polar surface area (TPSA) is 58.5 Å². The van der Waals surface area contributed by atoms with Gasteiger partial charge < -0.3 is 0 Å². The van der Waals surface area contributed by atoms with E-state index in [0.717, 1.165) is 17.8 Å². The zero-order valence-electron chi connectivity index (χ0n) is 10.9. The molecule has 1 aromatic carbocycles.